The fourth-order valence-corrected chi connectivity index (χ4v) is 2.50. The number of pyridine rings is 1. The third-order valence-electron chi connectivity index (χ3n) is 4.13. The number of carbonyl (C=O) groups excluding carboxylic acids is 1. The number of hydrogen-bond acceptors (Lipinski definition) is 5. The minimum absolute atomic E-state index is 0.0498. The van der Waals surface area contributed by atoms with Gasteiger partial charge in [-0.2, -0.15) is 0 Å². The Bertz CT molecular complexity index is 871. The third-order valence-corrected chi connectivity index (χ3v) is 4.43. The summed E-state index contributed by atoms with van der Waals surface area (Å²) in [5.41, 5.74) is -0.838. The summed E-state index contributed by atoms with van der Waals surface area (Å²) in [6, 6.07) is 1.37. The highest BCUT2D eigenvalue weighted by Gasteiger charge is 2.43. The molecular formula is C15H14ClN3O4. The molecule has 0 radical (unpaired) electrons. The number of halogens is 1. The fraction of sp³-hybridized carbons (Fsp3) is 0.333. The Hall–Kier alpha value is -2.41. The van der Waals surface area contributed by atoms with E-state index in [1.54, 1.807) is 6.92 Å². The predicted octanol–water partition coefficient (Wildman–Crippen LogP) is 2.47. The second kappa shape index (κ2) is 5.06. The number of aliphatic imine (C=N–C) groups is 1. The molecule has 2 aromatic heterocycles. The van der Waals surface area contributed by atoms with E-state index in [2.05, 4.69) is 15.3 Å². The fourth-order valence-electron chi connectivity index (χ4n) is 2.32. The first kappa shape index (κ1) is 15.5. The maximum absolute atomic E-state index is 12.2. The van der Waals surface area contributed by atoms with Gasteiger partial charge in [0.25, 0.3) is 5.91 Å². The van der Waals surface area contributed by atoms with E-state index < -0.39 is 11.5 Å². The van der Waals surface area contributed by atoms with Crippen molar-refractivity contribution in [1.82, 2.24) is 10.3 Å². The van der Waals surface area contributed by atoms with Gasteiger partial charge >= 0.3 is 5.97 Å². The Kier molecular flexibility index (Phi) is 3.40. The van der Waals surface area contributed by atoms with E-state index in [1.165, 1.54) is 12.3 Å². The molecule has 0 spiro atoms. The smallest absolute Gasteiger partial charge is 0.338 e. The molecule has 2 N–H and O–H groups in total. The van der Waals surface area contributed by atoms with Crippen LogP contribution in [0.2, 0.25) is 5.02 Å². The maximum Gasteiger partial charge on any atom is 0.338 e. The average Bonchev–Trinajstić information content (AvgIpc) is 3.00. The van der Waals surface area contributed by atoms with Crippen molar-refractivity contribution in [3.8, 4) is 0 Å². The predicted molar refractivity (Wildman–Crippen MR) is 83.9 cm³/mol. The molecule has 1 aliphatic heterocycles. The molecule has 1 amide bonds. The number of rotatable bonds is 3. The highest BCUT2D eigenvalue weighted by Crippen LogP contribution is 2.30. The van der Waals surface area contributed by atoms with Gasteiger partial charge < -0.3 is 14.8 Å². The van der Waals surface area contributed by atoms with Crippen LogP contribution in [0.4, 0.5) is 0 Å². The number of nitrogens with one attached hydrogen (secondary N) is 1. The molecule has 1 unspecified atom stereocenters. The molecule has 1 aliphatic rings. The molecule has 0 fully saturated rings. The van der Waals surface area contributed by atoms with Gasteiger partial charge in [-0.05, 0) is 18.9 Å². The van der Waals surface area contributed by atoms with Crippen LogP contribution in [-0.2, 0) is 4.79 Å². The molecular weight excluding hydrogens is 322 g/mol. The lowest BCUT2D eigenvalue weighted by atomic mass is 9.89. The molecule has 3 rings (SSSR count). The summed E-state index contributed by atoms with van der Waals surface area (Å²) in [5, 5.41) is 12.7. The van der Waals surface area contributed by atoms with Crippen LogP contribution in [0.15, 0.2) is 21.7 Å². The Labute approximate surface area is 136 Å². The molecule has 120 valence electrons. The van der Waals surface area contributed by atoms with Crippen LogP contribution >= 0.6 is 11.6 Å². The van der Waals surface area contributed by atoms with E-state index >= 15 is 0 Å². The number of carboxylic acids is 1. The summed E-state index contributed by atoms with van der Waals surface area (Å²) in [6.45, 7) is 5.43. The number of fused-ring (bicyclic) bond motifs is 1. The second-order valence-electron chi connectivity index (χ2n) is 5.84. The molecule has 3 heterocycles. The number of nitrogens with zero attached hydrogens (tertiary/aromatic N) is 2. The summed E-state index contributed by atoms with van der Waals surface area (Å²) in [7, 11) is 0. The van der Waals surface area contributed by atoms with Crippen molar-refractivity contribution >= 4 is 40.4 Å². The minimum Gasteiger partial charge on any atom is -0.478 e. The van der Waals surface area contributed by atoms with Crippen molar-refractivity contribution in [1.29, 1.82) is 0 Å². The lowest BCUT2D eigenvalue weighted by Gasteiger charge is -2.21. The minimum atomic E-state index is -1.19. The third kappa shape index (κ3) is 2.28. The van der Waals surface area contributed by atoms with Crippen LogP contribution < -0.4 is 5.32 Å². The summed E-state index contributed by atoms with van der Waals surface area (Å²) in [4.78, 5) is 32.3. The van der Waals surface area contributed by atoms with E-state index in [0.29, 0.717) is 5.39 Å². The quantitative estimate of drug-likeness (QED) is 0.896. The van der Waals surface area contributed by atoms with Crippen LogP contribution in [0.3, 0.4) is 0 Å². The number of amides is 1. The van der Waals surface area contributed by atoms with E-state index in [-0.39, 0.29) is 39.7 Å². The number of hydrogen-bond donors (Lipinski definition) is 2. The first-order chi connectivity index (χ1) is 10.7. The lowest BCUT2D eigenvalue weighted by molar-refractivity contribution is -0.124. The van der Waals surface area contributed by atoms with E-state index in [0.717, 1.165) is 0 Å². The Morgan fingerprint density at radius 2 is 2.17 bits per heavy atom. The number of furan rings is 1. The van der Waals surface area contributed by atoms with Crippen LogP contribution in [0.5, 0.6) is 0 Å². The molecule has 0 aromatic carbocycles. The monoisotopic (exact) mass is 335 g/mol. The molecule has 0 aliphatic carbocycles. The first-order valence-electron chi connectivity index (χ1n) is 6.96. The van der Waals surface area contributed by atoms with Gasteiger partial charge in [0.1, 0.15) is 17.5 Å². The summed E-state index contributed by atoms with van der Waals surface area (Å²) >= 11 is 5.94. The van der Waals surface area contributed by atoms with Crippen LogP contribution in [0.25, 0.3) is 11.1 Å². The zero-order valence-electron chi connectivity index (χ0n) is 12.7. The molecule has 0 bridgehead atoms. The topological polar surface area (TPSA) is 105 Å². The van der Waals surface area contributed by atoms with Crippen molar-refractivity contribution in [2.45, 2.75) is 26.3 Å². The van der Waals surface area contributed by atoms with Crippen molar-refractivity contribution < 1.29 is 19.1 Å². The number of amidine groups is 1. The highest BCUT2D eigenvalue weighted by molar-refractivity contribution is 6.35. The van der Waals surface area contributed by atoms with E-state index in [4.69, 9.17) is 16.0 Å². The standard InChI is InChI=1S/C15H14ClN3O4/c1-6(2)15(3)14(22)18-11(19-15)10-8(13(20)21)4-7-9(16)5-23-12(7)17-10/h4-6H,1-3H3,(H,20,21)(H,18,19,22). The number of aromatic carboxylic acids is 1. The van der Waals surface area contributed by atoms with Gasteiger partial charge in [0.15, 0.2) is 5.84 Å². The molecule has 1 atom stereocenters. The first-order valence-corrected chi connectivity index (χ1v) is 7.34. The van der Waals surface area contributed by atoms with E-state index in [9.17, 15) is 14.7 Å². The average molecular weight is 336 g/mol. The summed E-state index contributed by atoms with van der Waals surface area (Å²) < 4.78 is 5.21. The van der Waals surface area contributed by atoms with Gasteiger partial charge in [0, 0.05) is 0 Å². The van der Waals surface area contributed by atoms with Gasteiger partial charge in [-0.25, -0.2) is 14.8 Å². The van der Waals surface area contributed by atoms with Crippen molar-refractivity contribution in [2.24, 2.45) is 10.9 Å². The van der Waals surface area contributed by atoms with Gasteiger partial charge in [0.05, 0.1) is 16.0 Å². The number of carbonyl (C=O) groups is 2. The highest BCUT2D eigenvalue weighted by atomic mass is 35.5. The zero-order chi connectivity index (χ0) is 16.9. The van der Waals surface area contributed by atoms with Crippen LogP contribution in [-0.4, -0.2) is 33.3 Å². The maximum atomic E-state index is 12.2. The summed E-state index contributed by atoms with van der Waals surface area (Å²) in [6.07, 6.45) is 1.28. The van der Waals surface area contributed by atoms with Crippen molar-refractivity contribution in [3.63, 3.8) is 0 Å². The molecule has 2 aromatic rings. The molecule has 0 saturated carbocycles. The second-order valence-corrected chi connectivity index (χ2v) is 6.25. The molecule has 0 saturated heterocycles. The number of aromatic nitrogens is 1. The van der Waals surface area contributed by atoms with Gasteiger partial charge in [0.2, 0.25) is 5.71 Å². The molecule has 7 nitrogen and oxygen atoms in total. The number of carboxylic acid groups (broad SMARTS) is 1. The summed E-state index contributed by atoms with van der Waals surface area (Å²) in [5.74, 6) is -1.42. The van der Waals surface area contributed by atoms with Crippen LogP contribution in [0, 0.1) is 5.92 Å². The van der Waals surface area contributed by atoms with E-state index in [1.807, 2.05) is 13.8 Å². The Morgan fingerprint density at radius 3 is 2.74 bits per heavy atom. The van der Waals surface area contributed by atoms with Gasteiger partial charge in [-0.15, -0.1) is 0 Å². The normalized spacial score (nSPS) is 20.9. The SMILES string of the molecule is CC(C)C1(C)N=C(c2nc3occ(Cl)c3cc2C(=O)O)NC1=O. The van der Waals surface area contributed by atoms with Gasteiger partial charge in [-0.3, -0.25) is 4.79 Å². The largest absolute Gasteiger partial charge is 0.478 e. The van der Waals surface area contributed by atoms with Crippen LogP contribution in [0.1, 0.15) is 36.8 Å². The lowest BCUT2D eigenvalue weighted by Crippen LogP contribution is -2.41. The molecule has 23 heavy (non-hydrogen) atoms. The Balaban J connectivity index is 2.22. The molecule has 8 heteroatoms. The van der Waals surface area contributed by atoms with Crippen molar-refractivity contribution in [2.75, 3.05) is 0 Å². The Morgan fingerprint density at radius 1 is 1.48 bits per heavy atom. The van der Waals surface area contributed by atoms with Crippen molar-refractivity contribution in [3.05, 3.63) is 28.6 Å². The van der Waals surface area contributed by atoms with Gasteiger partial charge in [-0.1, -0.05) is 25.4 Å². The zero-order valence-corrected chi connectivity index (χ0v) is 13.4.